The zero-order valence-electron chi connectivity index (χ0n) is 19.9. The molecule has 0 saturated carbocycles. The smallest absolute Gasteiger partial charge is 0.272 e. The average Bonchev–Trinajstić information content (AvgIpc) is 3.16. The molecule has 2 heterocycles. The molecule has 152 valence electrons. The van der Waals surface area contributed by atoms with Crippen LogP contribution in [0.4, 0.5) is 0 Å². The molecule has 0 unspecified atom stereocenters. The molecule has 3 rings (SSSR count). The second kappa shape index (κ2) is 8.06. The Labute approximate surface area is 186 Å². The van der Waals surface area contributed by atoms with Crippen LogP contribution in [0.3, 0.4) is 0 Å². The van der Waals surface area contributed by atoms with E-state index in [-0.39, 0.29) is 27.2 Å². The molecule has 0 amide bonds. The summed E-state index contributed by atoms with van der Waals surface area (Å²) in [5.41, 5.74) is 8.38. The molecule has 2 aromatic heterocycles. The molecule has 0 spiro atoms. The van der Waals surface area contributed by atoms with Crippen molar-refractivity contribution >= 4 is 85.9 Å². The summed E-state index contributed by atoms with van der Waals surface area (Å²) in [6.07, 6.45) is 3.21. The first-order chi connectivity index (χ1) is 14.3. The molecule has 1 aromatic carbocycles. The molecule has 31 heavy (non-hydrogen) atoms. The van der Waals surface area contributed by atoms with Crippen LogP contribution in [0.2, 0.25) is 0 Å². The summed E-state index contributed by atoms with van der Waals surface area (Å²) in [5, 5.41) is 0.470. The van der Waals surface area contributed by atoms with Crippen LogP contribution in [0, 0.1) is 0 Å². The number of aromatic nitrogens is 4. The van der Waals surface area contributed by atoms with E-state index in [9.17, 15) is 9.59 Å². The van der Waals surface area contributed by atoms with Gasteiger partial charge < -0.3 is 15.0 Å². The van der Waals surface area contributed by atoms with Gasteiger partial charge in [-0.2, -0.15) is 0 Å². The molecule has 0 radical (unpaired) electrons. The van der Waals surface area contributed by atoms with Crippen LogP contribution in [0.1, 0.15) is 37.7 Å². The highest BCUT2D eigenvalue weighted by molar-refractivity contribution is 6.69. The zero-order valence-corrected chi connectivity index (χ0v) is 19.9. The lowest BCUT2D eigenvalue weighted by Gasteiger charge is -2.20. The molecule has 0 fully saturated rings. The minimum atomic E-state index is -0.354. The van der Waals surface area contributed by atoms with Crippen molar-refractivity contribution in [3.63, 3.8) is 0 Å². The fourth-order valence-electron chi connectivity index (χ4n) is 4.18. The number of H-pyrrole nitrogens is 3. The first-order valence-electron chi connectivity index (χ1n) is 10.5. The van der Waals surface area contributed by atoms with Gasteiger partial charge in [0.25, 0.3) is 11.1 Å². The molecule has 12 heteroatoms. The van der Waals surface area contributed by atoms with E-state index in [1.165, 1.54) is 16.4 Å². The molecule has 0 saturated heterocycles. The van der Waals surface area contributed by atoms with Gasteiger partial charge in [0.2, 0.25) is 0 Å². The topological polar surface area (TPSA) is 94.4 Å². The maximum absolute atomic E-state index is 13.0. The number of hydrogen-bond acceptors (Lipinski definition) is 3. The van der Waals surface area contributed by atoms with Gasteiger partial charge in [-0.05, 0) is 11.6 Å². The van der Waals surface area contributed by atoms with E-state index in [4.69, 9.17) is 0 Å². The van der Waals surface area contributed by atoms with Crippen LogP contribution < -0.4 is 49.1 Å². The largest absolute Gasteiger partial charge is 0.348 e. The van der Waals surface area contributed by atoms with Crippen molar-refractivity contribution < 1.29 is 0 Å². The molecule has 0 aliphatic rings. The minimum Gasteiger partial charge on any atom is -0.348 e. The van der Waals surface area contributed by atoms with Gasteiger partial charge in [0, 0.05) is 11.1 Å². The lowest BCUT2D eigenvalue weighted by atomic mass is 9.58. The van der Waals surface area contributed by atoms with E-state index in [0.717, 1.165) is 27.7 Å². The van der Waals surface area contributed by atoms with Crippen LogP contribution >= 0.6 is 0 Å². The van der Waals surface area contributed by atoms with Crippen LogP contribution in [-0.2, 0) is 5.41 Å². The normalized spacial score (nSPS) is 13.5. The Balaban J connectivity index is 2.31. The van der Waals surface area contributed by atoms with Crippen molar-refractivity contribution in [2.75, 3.05) is 0 Å². The van der Waals surface area contributed by atoms with Gasteiger partial charge in [-0.1, -0.05) is 37.2 Å². The minimum absolute atomic E-state index is 0.171. The van der Waals surface area contributed by atoms with Crippen LogP contribution in [0.25, 0.3) is 11.5 Å². The number of imidazole rings is 1. The van der Waals surface area contributed by atoms with Gasteiger partial charge in [0.15, 0.2) is 0 Å². The standard InChI is InChI=1S/C19H26B6N4O2/c1-19(2,3)16-6(26-5-27-16)4-7-17(30)29-15(18(31)28-7)11(22)8-9(20)12(23)14(25)13(24)10(8)21/h4-5H,20-25H2,1-3H3,(H,26,27)(H,28,31)(H,29,30)/b7-4-,15-11+. The maximum atomic E-state index is 13.0. The van der Waals surface area contributed by atoms with Gasteiger partial charge in [-0.25, -0.2) is 4.98 Å². The van der Waals surface area contributed by atoms with Crippen molar-refractivity contribution in [3.8, 4) is 0 Å². The Kier molecular flexibility index (Phi) is 5.96. The molecular weight excluding hydrogens is 381 g/mol. The fraction of sp³-hybridized carbons (Fsp3) is 0.211. The van der Waals surface area contributed by atoms with Crippen LogP contribution in [0.15, 0.2) is 15.9 Å². The Morgan fingerprint density at radius 1 is 0.903 bits per heavy atom. The molecule has 6 nitrogen and oxygen atoms in total. The lowest BCUT2D eigenvalue weighted by Crippen LogP contribution is -2.57. The molecule has 3 aromatic rings. The molecule has 0 bridgehead atoms. The monoisotopic (exact) mass is 408 g/mol. The summed E-state index contributed by atoms with van der Waals surface area (Å²) in [6, 6.07) is 0. The van der Waals surface area contributed by atoms with Crippen LogP contribution in [0.5, 0.6) is 0 Å². The highest BCUT2D eigenvalue weighted by atomic mass is 16.1. The zero-order chi connectivity index (χ0) is 23.2. The molecule has 0 aliphatic heterocycles. The number of aromatic amines is 3. The summed E-state index contributed by atoms with van der Waals surface area (Å²) in [6.45, 7) is 6.17. The molecule has 0 atom stereocenters. The summed E-state index contributed by atoms with van der Waals surface area (Å²) < 4.78 is 0. The molecule has 0 aliphatic carbocycles. The third-order valence-corrected chi connectivity index (χ3v) is 6.41. The molecular formula is C19H26B6N4O2. The van der Waals surface area contributed by atoms with Crippen molar-refractivity contribution in [1.82, 2.24) is 19.9 Å². The Morgan fingerprint density at radius 3 is 2.00 bits per heavy atom. The summed E-state index contributed by atoms with van der Waals surface area (Å²) in [5.74, 6) is 0. The lowest BCUT2D eigenvalue weighted by molar-refractivity contribution is 0.571. The number of nitrogens with zero attached hydrogens (tertiary/aromatic N) is 1. The quantitative estimate of drug-likeness (QED) is 0.369. The number of hydrogen-bond donors (Lipinski definition) is 3. The van der Waals surface area contributed by atoms with E-state index in [0.29, 0.717) is 5.69 Å². The van der Waals surface area contributed by atoms with Crippen molar-refractivity contribution in [3.05, 3.63) is 54.7 Å². The van der Waals surface area contributed by atoms with E-state index in [2.05, 4.69) is 79.9 Å². The van der Waals surface area contributed by atoms with Gasteiger partial charge >= 0.3 is 0 Å². The van der Waals surface area contributed by atoms with Crippen molar-refractivity contribution in [1.29, 1.82) is 0 Å². The second-order valence-electron chi connectivity index (χ2n) is 9.38. The number of nitrogens with one attached hydrogen (secondary N) is 3. The van der Waals surface area contributed by atoms with Crippen molar-refractivity contribution in [2.24, 2.45) is 0 Å². The predicted octanol–water partition coefficient (Wildman–Crippen LogP) is -9.01. The van der Waals surface area contributed by atoms with Gasteiger partial charge in [0.05, 0.1) is 12.0 Å². The predicted molar refractivity (Wildman–Crippen MR) is 146 cm³/mol. The highest BCUT2D eigenvalue weighted by Gasteiger charge is 2.19. The van der Waals surface area contributed by atoms with E-state index >= 15 is 0 Å². The molecule has 3 N–H and O–H groups in total. The fourth-order valence-corrected chi connectivity index (χ4v) is 4.18. The number of benzene rings is 1. The maximum Gasteiger partial charge on any atom is 0.272 e. The van der Waals surface area contributed by atoms with E-state index < -0.39 is 0 Å². The summed E-state index contributed by atoms with van der Waals surface area (Å²) >= 11 is 0. The second-order valence-corrected chi connectivity index (χ2v) is 9.38. The van der Waals surface area contributed by atoms with Crippen molar-refractivity contribution in [2.45, 2.75) is 26.2 Å². The third-order valence-electron chi connectivity index (χ3n) is 6.41. The Bertz CT molecular complexity index is 1400. The average molecular weight is 407 g/mol. The first kappa shape index (κ1) is 22.9. The summed E-state index contributed by atoms with van der Waals surface area (Å²) in [4.78, 5) is 38.9. The SMILES string of the molecule is B/C(c1c(B)c(B)c(B)c(B)c1B)=c1/[nH]c(=O)/c(=C/c2nc[nH]c2C(C)(C)C)[nH]c1=O. The van der Waals surface area contributed by atoms with Crippen LogP contribution in [-0.4, -0.2) is 67.0 Å². The van der Waals surface area contributed by atoms with Gasteiger partial charge in [-0.3, -0.25) is 9.59 Å². The van der Waals surface area contributed by atoms with Gasteiger partial charge in [-0.15, -0.1) is 16.4 Å². The number of rotatable bonds is 2. The van der Waals surface area contributed by atoms with E-state index in [1.807, 2.05) is 7.85 Å². The highest BCUT2D eigenvalue weighted by Crippen LogP contribution is 2.22. The summed E-state index contributed by atoms with van der Waals surface area (Å²) in [7, 11) is 12.3. The Hall–Kier alpha value is -2.76. The van der Waals surface area contributed by atoms with E-state index in [1.54, 1.807) is 12.4 Å². The Morgan fingerprint density at radius 2 is 1.45 bits per heavy atom. The third kappa shape index (κ3) is 4.08. The van der Waals surface area contributed by atoms with Gasteiger partial charge in [0.1, 0.15) is 57.8 Å². The first-order valence-corrected chi connectivity index (χ1v) is 10.5.